The molecule has 0 bridgehead atoms. The molecule has 2 rings (SSSR count). The van der Waals surface area contributed by atoms with Gasteiger partial charge in [-0.15, -0.1) is 0 Å². The lowest BCUT2D eigenvalue weighted by atomic mass is 10.1. The van der Waals surface area contributed by atoms with Crippen LogP contribution in [0.2, 0.25) is 0 Å². The van der Waals surface area contributed by atoms with Crippen LogP contribution in [0.15, 0.2) is 34.8 Å². The van der Waals surface area contributed by atoms with Crippen molar-refractivity contribution in [1.29, 1.82) is 0 Å². The fraction of sp³-hybridized carbons (Fsp3) is 0.333. The molecule has 0 aliphatic carbocycles. The third-order valence-electron chi connectivity index (χ3n) is 2.91. The molecule has 19 heavy (non-hydrogen) atoms. The molecular weight excluding hydrogens is 302 g/mol. The van der Waals surface area contributed by atoms with E-state index in [2.05, 4.69) is 57.2 Å². The van der Waals surface area contributed by atoms with Crippen LogP contribution in [0.4, 0.5) is 5.82 Å². The SMILES string of the molecule is CNc1nc(Cc2ccccc2)nc(C(C)C)c1Br. The van der Waals surface area contributed by atoms with Crippen molar-refractivity contribution in [3.63, 3.8) is 0 Å². The van der Waals surface area contributed by atoms with E-state index in [0.717, 1.165) is 28.2 Å². The van der Waals surface area contributed by atoms with Gasteiger partial charge in [-0.25, -0.2) is 9.97 Å². The van der Waals surface area contributed by atoms with Crippen LogP contribution in [0.1, 0.15) is 36.8 Å². The molecule has 0 spiro atoms. The van der Waals surface area contributed by atoms with Crippen LogP contribution >= 0.6 is 15.9 Å². The van der Waals surface area contributed by atoms with Crippen molar-refractivity contribution in [2.45, 2.75) is 26.2 Å². The van der Waals surface area contributed by atoms with E-state index in [9.17, 15) is 0 Å². The standard InChI is InChI=1S/C15H18BrN3/c1-10(2)14-13(16)15(17-3)19-12(18-14)9-11-7-5-4-6-8-11/h4-8,10H,9H2,1-3H3,(H,17,18,19). The van der Waals surface area contributed by atoms with Crippen molar-refractivity contribution < 1.29 is 0 Å². The van der Waals surface area contributed by atoms with Gasteiger partial charge in [-0.1, -0.05) is 44.2 Å². The van der Waals surface area contributed by atoms with Gasteiger partial charge in [-0.3, -0.25) is 0 Å². The molecule has 0 fully saturated rings. The highest BCUT2D eigenvalue weighted by Crippen LogP contribution is 2.28. The number of rotatable bonds is 4. The number of aromatic nitrogens is 2. The highest BCUT2D eigenvalue weighted by atomic mass is 79.9. The first-order valence-corrected chi connectivity index (χ1v) is 7.19. The second kappa shape index (κ2) is 6.15. The highest BCUT2D eigenvalue weighted by Gasteiger charge is 2.14. The van der Waals surface area contributed by atoms with Gasteiger partial charge >= 0.3 is 0 Å². The zero-order chi connectivity index (χ0) is 13.8. The molecule has 0 saturated heterocycles. The smallest absolute Gasteiger partial charge is 0.144 e. The number of anilines is 1. The van der Waals surface area contributed by atoms with Crippen LogP contribution in [0, 0.1) is 0 Å². The van der Waals surface area contributed by atoms with Crippen molar-refractivity contribution in [3.8, 4) is 0 Å². The summed E-state index contributed by atoms with van der Waals surface area (Å²) in [6.07, 6.45) is 0.753. The zero-order valence-corrected chi connectivity index (χ0v) is 13.0. The average Bonchev–Trinajstić information content (AvgIpc) is 2.41. The lowest BCUT2D eigenvalue weighted by Crippen LogP contribution is -2.07. The second-order valence-electron chi connectivity index (χ2n) is 4.75. The van der Waals surface area contributed by atoms with Crippen molar-refractivity contribution in [3.05, 3.63) is 51.9 Å². The van der Waals surface area contributed by atoms with Gasteiger partial charge in [0.15, 0.2) is 0 Å². The summed E-state index contributed by atoms with van der Waals surface area (Å²) in [6, 6.07) is 10.3. The monoisotopic (exact) mass is 319 g/mol. The first kappa shape index (κ1) is 14.0. The molecule has 0 atom stereocenters. The summed E-state index contributed by atoms with van der Waals surface area (Å²) < 4.78 is 0.960. The minimum Gasteiger partial charge on any atom is -0.372 e. The molecule has 4 heteroatoms. The van der Waals surface area contributed by atoms with Gasteiger partial charge in [0, 0.05) is 13.5 Å². The predicted octanol–water partition coefficient (Wildman–Crippen LogP) is 4.00. The Kier molecular flexibility index (Phi) is 4.53. The third-order valence-corrected chi connectivity index (χ3v) is 3.69. The van der Waals surface area contributed by atoms with Crippen molar-refractivity contribution in [2.24, 2.45) is 0 Å². The third kappa shape index (κ3) is 3.32. The van der Waals surface area contributed by atoms with E-state index in [0.29, 0.717) is 5.92 Å². The topological polar surface area (TPSA) is 37.8 Å². The van der Waals surface area contributed by atoms with E-state index in [1.165, 1.54) is 5.56 Å². The van der Waals surface area contributed by atoms with E-state index >= 15 is 0 Å². The van der Waals surface area contributed by atoms with Crippen molar-refractivity contribution in [1.82, 2.24) is 9.97 Å². The summed E-state index contributed by atoms with van der Waals surface area (Å²) in [4.78, 5) is 9.24. The van der Waals surface area contributed by atoms with Crippen LogP contribution < -0.4 is 5.32 Å². The largest absolute Gasteiger partial charge is 0.372 e. The first-order valence-electron chi connectivity index (χ1n) is 6.39. The molecule has 3 nitrogen and oxygen atoms in total. The first-order chi connectivity index (χ1) is 9.11. The van der Waals surface area contributed by atoms with E-state index < -0.39 is 0 Å². The summed E-state index contributed by atoms with van der Waals surface area (Å²) in [6.45, 7) is 4.28. The highest BCUT2D eigenvalue weighted by molar-refractivity contribution is 9.10. The maximum absolute atomic E-state index is 4.68. The number of hydrogen-bond donors (Lipinski definition) is 1. The number of nitrogens with one attached hydrogen (secondary N) is 1. The fourth-order valence-corrected chi connectivity index (χ4v) is 2.75. The maximum Gasteiger partial charge on any atom is 0.144 e. The van der Waals surface area contributed by atoms with Gasteiger partial charge in [0.05, 0.1) is 10.2 Å². The van der Waals surface area contributed by atoms with Gasteiger partial charge in [-0.2, -0.15) is 0 Å². The summed E-state index contributed by atoms with van der Waals surface area (Å²) in [5, 5.41) is 3.12. The minimum atomic E-state index is 0.360. The van der Waals surface area contributed by atoms with Crippen LogP contribution in [-0.2, 0) is 6.42 Å². The molecule has 0 saturated carbocycles. The molecular formula is C15H18BrN3. The predicted molar refractivity (Wildman–Crippen MR) is 82.6 cm³/mol. The Labute approximate surface area is 122 Å². The van der Waals surface area contributed by atoms with Gasteiger partial charge < -0.3 is 5.32 Å². The van der Waals surface area contributed by atoms with Gasteiger partial charge in [0.25, 0.3) is 0 Å². The van der Waals surface area contributed by atoms with Crippen LogP contribution in [-0.4, -0.2) is 17.0 Å². The minimum absolute atomic E-state index is 0.360. The van der Waals surface area contributed by atoms with Crippen LogP contribution in [0.5, 0.6) is 0 Å². The average molecular weight is 320 g/mol. The molecule has 0 aliphatic rings. The Bertz CT molecular complexity index is 553. The molecule has 0 unspecified atom stereocenters. The van der Waals surface area contributed by atoms with E-state index in [4.69, 9.17) is 0 Å². The van der Waals surface area contributed by atoms with E-state index in [1.54, 1.807) is 0 Å². The summed E-state index contributed by atoms with van der Waals surface area (Å²) in [7, 11) is 1.88. The normalized spacial score (nSPS) is 10.8. The quantitative estimate of drug-likeness (QED) is 0.925. The molecule has 100 valence electrons. The van der Waals surface area contributed by atoms with Crippen molar-refractivity contribution in [2.75, 3.05) is 12.4 Å². The Hall–Kier alpha value is -1.42. The van der Waals surface area contributed by atoms with Gasteiger partial charge in [-0.05, 0) is 27.4 Å². The fourth-order valence-electron chi connectivity index (χ4n) is 1.92. The van der Waals surface area contributed by atoms with Gasteiger partial charge in [0.1, 0.15) is 11.6 Å². The summed E-state index contributed by atoms with van der Waals surface area (Å²) in [5.74, 6) is 2.06. The number of nitrogens with zero attached hydrogens (tertiary/aromatic N) is 2. The maximum atomic E-state index is 4.68. The van der Waals surface area contributed by atoms with E-state index in [1.807, 2.05) is 25.2 Å². The molecule has 1 aromatic heterocycles. The molecule has 0 radical (unpaired) electrons. The van der Waals surface area contributed by atoms with Crippen LogP contribution in [0.3, 0.4) is 0 Å². The Morgan fingerprint density at radius 2 is 1.84 bits per heavy atom. The lowest BCUT2D eigenvalue weighted by Gasteiger charge is -2.13. The Balaban J connectivity index is 2.38. The number of hydrogen-bond acceptors (Lipinski definition) is 3. The molecule has 1 heterocycles. The molecule has 2 aromatic rings. The Morgan fingerprint density at radius 3 is 2.42 bits per heavy atom. The second-order valence-corrected chi connectivity index (χ2v) is 5.55. The van der Waals surface area contributed by atoms with Crippen molar-refractivity contribution >= 4 is 21.7 Å². The van der Waals surface area contributed by atoms with E-state index in [-0.39, 0.29) is 0 Å². The number of benzene rings is 1. The zero-order valence-electron chi connectivity index (χ0n) is 11.4. The van der Waals surface area contributed by atoms with Gasteiger partial charge in [0.2, 0.25) is 0 Å². The molecule has 1 aromatic carbocycles. The molecule has 1 N–H and O–H groups in total. The summed E-state index contributed by atoms with van der Waals surface area (Å²) >= 11 is 3.57. The Morgan fingerprint density at radius 1 is 1.16 bits per heavy atom. The van der Waals surface area contributed by atoms with Crippen LogP contribution in [0.25, 0.3) is 0 Å². The molecule has 0 amide bonds. The lowest BCUT2D eigenvalue weighted by molar-refractivity contribution is 0.785. The summed E-state index contributed by atoms with van der Waals surface area (Å²) in [5.41, 5.74) is 2.27. The molecule has 0 aliphatic heterocycles. The number of halogens is 1.